The van der Waals surface area contributed by atoms with E-state index in [9.17, 15) is 14.4 Å². The Morgan fingerprint density at radius 1 is 1.04 bits per heavy atom. The molecule has 0 fully saturated rings. The first-order valence-corrected chi connectivity index (χ1v) is 7.78. The number of Topliss-reactive ketones (excluding diaryl/α,β-unsaturated/α-hetero) is 1. The second-order valence-corrected chi connectivity index (χ2v) is 5.79. The number of aromatic carboxylic acids is 1. The number of rotatable bonds is 6. The lowest BCUT2D eigenvalue weighted by Crippen LogP contribution is -2.23. The minimum atomic E-state index is -1.10. The predicted octanol–water partition coefficient (Wildman–Crippen LogP) is 3.25. The molecule has 2 aromatic carbocycles. The standard InChI is InChI=1S/C19H20N2O4/c1-11-8-14(9-12(2)18(11)13(3)22)20-10-17(23)21-16-7-5-4-6-15(16)19(24)25/h4-9,20H,10H2,1-3H3,(H,21,23)(H,24,25). The quantitative estimate of drug-likeness (QED) is 0.702. The van der Waals surface area contributed by atoms with Gasteiger partial charge in [-0.1, -0.05) is 12.1 Å². The first kappa shape index (κ1) is 18.2. The van der Waals surface area contributed by atoms with Crippen molar-refractivity contribution in [3.63, 3.8) is 0 Å². The van der Waals surface area contributed by atoms with Crippen molar-refractivity contribution in [3.8, 4) is 0 Å². The van der Waals surface area contributed by atoms with Gasteiger partial charge in [-0.25, -0.2) is 4.79 Å². The van der Waals surface area contributed by atoms with Crippen LogP contribution in [0.3, 0.4) is 0 Å². The molecule has 0 radical (unpaired) electrons. The Balaban J connectivity index is 2.06. The molecule has 6 nitrogen and oxygen atoms in total. The highest BCUT2D eigenvalue weighted by Gasteiger charge is 2.13. The summed E-state index contributed by atoms with van der Waals surface area (Å²) in [5.41, 5.74) is 3.37. The number of nitrogens with one attached hydrogen (secondary N) is 2. The maximum atomic E-state index is 12.1. The summed E-state index contributed by atoms with van der Waals surface area (Å²) in [4.78, 5) is 34.9. The van der Waals surface area contributed by atoms with Gasteiger partial charge in [0.1, 0.15) is 0 Å². The molecule has 2 aromatic rings. The van der Waals surface area contributed by atoms with Crippen molar-refractivity contribution in [2.24, 2.45) is 0 Å². The molecule has 6 heteroatoms. The van der Waals surface area contributed by atoms with E-state index in [-0.39, 0.29) is 29.5 Å². The Morgan fingerprint density at radius 3 is 2.20 bits per heavy atom. The van der Waals surface area contributed by atoms with Gasteiger partial charge in [0.2, 0.25) is 5.91 Å². The van der Waals surface area contributed by atoms with Crippen LogP contribution in [0, 0.1) is 13.8 Å². The second-order valence-electron chi connectivity index (χ2n) is 5.79. The fourth-order valence-electron chi connectivity index (χ4n) is 2.78. The number of ketones is 1. The van der Waals surface area contributed by atoms with Crippen molar-refractivity contribution < 1.29 is 19.5 Å². The van der Waals surface area contributed by atoms with Gasteiger partial charge >= 0.3 is 5.97 Å². The van der Waals surface area contributed by atoms with Gasteiger partial charge in [0.25, 0.3) is 0 Å². The van der Waals surface area contributed by atoms with Gasteiger partial charge in [-0.2, -0.15) is 0 Å². The molecule has 0 bridgehead atoms. The summed E-state index contributed by atoms with van der Waals surface area (Å²) < 4.78 is 0. The van der Waals surface area contributed by atoms with Crippen molar-refractivity contribution in [2.75, 3.05) is 17.2 Å². The number of hydrogen-bond acceptors (Lipinski definition) is 4. The Bertz CT molecular complexity index is 820. The molecule has 0 spiro atoms. The summed E-state index contributed by atoms with van der Waals surface area (Å²) in [6.07, 6.45) is 0. The van der Waals surface area contributed by atoms with Crippen molar-refractivity contribution in [1.82, 2.24) is 0 Å². The van der Waals surface area contributed by atoms with Crippen LogP contribution in [0.4, 0.5) is 11.4 Å². The number of hydrogen-bond donors (Lipinski definition) is 3. The highest BCUT2D eigenvalue weighted by Crippen LogP contribution is 2.21. The SMILES string of the molecule is CC(=O)c1c(C)cc(NCC(=O)Nc2ccccc2C(=O)O)cc1C. The molecule has 0 saturated carbocycles. The van der Waals surface area contributed by atoms with Crippen LogP contribution in [0.5, 0.6) is 0 Å². The van der Waals surface area contributed by atoms with Crippen LogP contribution in [0.2, 0.25) is 0 Å². The number of para-hydroxylation sites is 1. The zero-order valence-electron chi connectivity index (χ0n) is 14.3. The molecule has 3 N–H and O–H groups in total. The van der Waals surface area contributed by atoms with Crippen molar-refractivity contribution >= 4 is 29.0 Å². The molecule has 25 heavy (non-hydrogen) atoms. The summed E-state index contributed by atoms with van der Waals surface area (Å²) in [7, 11) is 0. The van der Waals surface area contributed by atoms with E-state index >= 15 is 0 Å². The highest BCUT2D eigenvalue weighted by molar-refractivity contribution is 6.01. The number of aryl methyl sites for hydroxylation is 2. The van der Waals surface area contributed by atoms with Gasteiger partial charge in [0, 0.05) is 11.3 Å². The Labute approximate surface area is 145 Å². The lowest BCUT2D eigenvalue weighted by atomic mass is 9.99. The molecule has 2 rings (SSSR count). The van der Waals surface area contributed by atoms with Crippen LogP contribution < -0.4 is 10.6 Å². The van der Waals surface area contributed by atoms with Gasteiger partial charge < -0.3 is 15.7 Å². The minimum absolute atomic E-state index is 0.00423. The number of carboxylic acid groups (broad SMARTS) is 1. The molecular weight excluding hydrogens is 320 g/mol. The van der Waals surface area contributed by atoms with E-state index in [1.165, 1.54) is 19.1 Å². The molecule has 0 aromatic heterocycles. The fraction of sp³-hybridized carbons (Fsp3) is 0.211. The lowest BCUT2D eigenvalue weighted by Gasteiger charge is -2.13. The average Bonchev–Trinajstić information content (AvgIpc) is 2.52. The van der Waals surface area contributed by atoms with Crippen LogP contribution >= 0.6 is 0 Å². The number of carbonyl (C=O) groups is 3. The minimum Gasteiger partial charge on any atom is -0.478 e. The molecule has 0 aliphatic rings. The summed E-state index contributed by atoms with van der Waals surface area (Å²) in [6, 6.07) is 9.84. The third-order valence-corrected chi connectivity index (χ3v) is 3.77. The predicted molar refractivity (Wildman–Crippen MR) is 96.4 cm³/mol. The number of amides is 1. The maximum Gasteiger partial charge on any atom is 0.337 e. The summed E-state index contributed by atoms with van der Waals surface area (Å²) in [6.45, 7) is 5.19. The molecule has 0 aliphatic heterocycles. The zero-order chi connectivity index (χ0) is 18.6. The molecule has 130 valence electrons. The van der Waals surface area contributed by atoms with Gasteiger partial charge in [-0.05, 0) is 56.2 Å². The van der Waals surface area contributed by atoms with Crippen molar-refractivity contribution in [3.05, 3.63) is 58.7 Å². The molecular formula is C19H20N2O4. The first-order valence-electron chi connectivity index (χ1n) is 7.78. The van der Waals surface area contributed by atoms with Crippen LogP contribution in [0.25, 0.3) is 0 Å². The molecule has 0 unspecified atom stereocenters. The van der Waals surface area contributed by atoms with Gasteiger partial charge in [-0.3, -0.25) is 9.59 Å². The molecule has 0 aliphatic carbocycles. The van der Waals surface area contributed by atoms with Crippen molar-refractivity contribution in [2.45, 2.75) is 20.8 Å². The Kier molecular flexibility index (Phi) is 5.54. The fourth-order valence-corrected chi connectivity index (χ4v) is 2.78. The van der Waals surface area contributed by atoms with Crippen LogP contribution in [-0.4, -0.2) is 29.3 Å². The topological polar surface area (TPSA) is 95.5 Å². The van der Waals surface area contributed by atoms with E-state index in [1.807, 2.05) is 26.0 Å². The number of carboxylic acids is 1. The highest BCUT2D eigenvalue weighted by atomic mass is 16.4. The monoisotopic (exact) mass is 340 g/mol. The third kappa shape index (κ3) is 4.44. The largest absolute Gasteiger partial charge is 0.478 e. The van der Waals surface area contributed by atoms with E-state index in [0.29, 0.717) is 5.56 Å². The Morgan fingerprint density at radius 2 is 1.64 bits per heavy atom. The summed E-state index contributed by atoms with van der Waals surface area (Å²) >= 11 is 0. The maximum absolute atomic E-state index is 12.1. The smallest absolute Gasteiger partial charge is 0.337 e. The van der Waals surface area contributed by atoms with E-state index in [0.717, 1.165) is 16.8 Å². The number of carbonyl (C=O) groups excluding carboxylic acids is 2. The summed E-state index contributed by atoms with van der Waals surface area (Å²) in [5.74, 6) is -1.46. The molecule has 1 amide bonds. The first-order chi connectivity index (χ1) is 11.8. The van der Waals surface area contributed by atoms with Gasteiger partial charge in [0.15, 0.2) is 5.78 Å². The number of benzene rings is 2. The summed E-state index contributed by atoms with van der Waals surface area (Å²) in [5, 5.41) is 14.7. The van der Waals surface area contributed by atoms with Crippen LogP contribution in [0.15, 0.2) is 36.4 Å². The zero-order valence-corrected chi connectivity index (χ0v) is 14.3. The third-order valence-electron chi connectivity index (χ3n) is 3.77. The van der Waals surface area contributed by atoms with E-state index < -0.39 is 5.97 Å². The van der Waals surface area contributed by atoms with Gasteiger partial charge in [0.05, 0.1) is 17.8 Å². The van der Waals surface area contributed by atoms with Crippen LogP contribution in [0.1, 0.15) is 38.8 Å². The molecule has 0 saturated heterocycles. The van der Waals surface area contributed by atoms with Crippen LogP contribution in [-0.2, 0) is 4.79 Å². The van der Waals surface area contributed by atoms with E-state index in [4.69, 9.17) is 5.11 Å². The second kappa shape index (κ2) is 7.61. The normalized spacial score (nSPS) is 10.2. The molecule has 0 atom stereocenters. The Hall–Kier alpha value is -3.15. The van der Waals surface area contributed by atoms with Crippen molar-refractivity contribution in [1.29, 1.82) is 0 Å². The van der Waals surface area contributed by atoms with Gasteiger partial charge in [-0.15, -0.1) is 0 Å². The lowest BCUT2D eigenvalue weighted by molar-refractivity contribution is -0.114. The van der Waals surface area contributed by atoms with E-state index in [2.05, 4.69) is 10.6 Å². The average molecular weight is 340 g/mol. The number of anilines is 2. The van der Waals surface area contributed by atoms with E-state index in [1.54, 1.807) is 12.1 Å². The molecule has 0 heterocycles.